The smallest absolute Gasteiger partial charge is 0.266 e. The molecule has 1 N–H and O–H groups in total. The first-order valence-corrected chi connectivity index (χ1v) is 11.3. The number of halogens is 1. The quantitative estimate of drug-likeness (QED) is 0.288. The van der Waals surface area contributed by atoms with Gasteiger partial charge in [-0.1, -0.05) is 53.6 Å². The summed E-state index contributed by atoms with van der Waals surface area (Å²) in [5, 5.41) is 12.8. The van der Waals surface area contributed by atoms with Crippen LogP contribution in [-0.2, 0) is 11.4 Å². The summed E-state index contributed by atoms with van der Waals surface area (Å²) in [7, 11) is 0. The third-order valence-electron chi connectivity index (χ3n) is 5.33. The van der Waals surface area contributed by atoms with Crippen molar-refractivity contribution in [2.24, 2.45) is 0 Å². The fourth-order valence-corrected chi connectivity index (χ4v) is 3.70. The molecule has 0 heterocycles. The molecule has 0 aliphatic rings. The van der Waals surface area contributed by atoms with Gasteiger partial charge in [0.25, 0.3) is 5.91 Å². The van der Waals surface area contributed by atoms with E-state index < -0.39 is 5.91 Å². The van der Waals surface area contributed by atoms with Crippen molar-refractivity contribution in [1.82, 2.24) is 0 Å². The van der Waals surface area contributed by atoms with Crippen LogP contribution in [0.25, 0.3) is 6.08 Å². The third-order valence-corrected chi connectivity index (χ3v) is 5.61. The second-order valence-corrected chi connectivity index (χ2v) is 8.32. The lowest BCUT2D eigenvalue weighted by Crippen LogP contribution is -2.14. The van der Waals surface area contributed by atoms with Crippen molar-refractivity contribution in [3.8, 4) is 17.6 Å². The number of anilines is 1. The van der Waals surface area contributed by atoms with Crippen molar-refractivity contribution in [2.45, 2.75) is 34.3 Å². The molecule has 5 nitrogen and oxygen atoms in total. The molecular weight excluding hydrogens is 448 g/mol. The summed E-state index contributed by atoms with van der Waals surface area (Å²) in [6, 6.07) is 19.0. The van der Waals surface area contributed by atoms with Crippen molar-refractivity contribution in [3.05, 3.63) is 93.0 Å². The van der Waals surface area contributed by atoms with Crippen molar-refractivity contribution in [1.29, 1.82) is 5.26 Å². The van der Waals surface area contributed by atoms with Gasteiger partial charge in [0.1, 0.15) is 18.2 Å². The van der Waals surface area contributed by atoms with Crippen LogP contribution in [-0.4, -0.2) is 12.5 Å². The normalized spacial score (nSPS) is 11.0. The minimum Gasteiger partial charge on any atom is -0.490 e. The lowest BCUT2D eigenvalue weighted by atomic mass is 10.1. The molecule has 0 aromatic heterocycles. The highest BCUT2D eigenvalue weighted by Crippen LogP contribution is 2.38. The van der Waals surface area contributed by atoms with Gasteiger partial charge in [0.05, 0.1) is 11.6 Å². The van der Waals surface area contributed by atoms with Crippen LogP contribution in [0.1, 0.15) is 34.7 Å². The average Bonchev–Trinajstić information content (AvgIpc) is 2.80. The number of carbonyl (C=O) groups is 1. The van der Waals surface area contributed by atoms with E-state index in [1.54, 1.807) is 18.2 Å². The van der Waals surface area contributed by atoms with Crippen LogP contribution < -0.4 is 14.8 Å². The molecule has 0 saturated heterocycles. The number of amides is 1. The Labute approximate surface area is 205 Å². The van der Waals surface area contributed by atoms with Crippen LogP contribution in [0, 0.1) is 32.1 Å². The summed E-state index contributed by atoms with van der Waals surface area (Å²) in [6.07, 6.45) is 1.49. The molecule has 0 aliphatic heterocycles. The molecule has 0 bridgehead atoms. The lowest BCUT2D eigenvalue weighted by Gasteiger charge is -2.15. The van der Waals surface area contributed by atoms with E-state index >= 15 is 0 Å². The number of nitrogens with one attached hydrogen (secondary N) is 1. The number of ether oxygens (including phenoxy) is 2. The largest absolute Gasteiger partial charge is 0.490 e. The van der Waals surface area contributed by atoms with Crippen LogP contribution in [0.5, 0.6) is 11.5 Å². The molecule has 3 aromatic carbocycles. The highest BCUT2D eigenvalue weighted by Gasteiger charge is 2.16. The number of nitriles is 1. The summed E-state index contributed by atoms with van der Waals surface area (Å²) in [5.74, 6) is 0.367. The average molecular weight is 475 g/mol. The number of aryl methyl sites for hydroxylation is 2. The van der Waals surface area contributed by atoms with Gasteiger partial charge in [0, 0.05) is 5.69 Å². The SMILES string of the molecule is CCOc1cc(/C=C(\C#N)C(=O)Nc2cccc(C)c2C)cc(Cl)c1OCc1cccc(C)c1. The Morgan fingerprint density at radius 3 is 2.56 bits per heavy atom. The van der Waals surface area contributed by atoms with Gasteiger partial charge in [-0.05, 0) is 74.2 Å². The fourth-order valence-electron chi connectivity index (χ4n) is 3.42. The Bertz CT molecular complexity index is 1280. The van der Waals surface area contributed by atoms with Gasteiger partial charge < -0.3 is 14.8 Å². The summed E-state index contributed by atoms with van der Waals surface area (Å²) >= 11 is 6.52. The van der Waals surface area contributed by atoms with Gasteiger partial charge in [-0.2, -0.15) is 5.26 Å². The van der Waals surface area contributed by atoms with Crippen LogP contribution in [0.3, 0.4) is 0 Å². The molecule has 1 amide bonds. The minimum atomic E-state index is -0.495. The topological polar surface area (TPSA) is 71.3 Å². The van der Waals surface area contributed by atoms with Crippen molar-refractivity contribution in [3.63, 3.8) is 0 Å². The predicted octanol–water partition coefficient (Wildman–Crippen LogP) is 6.79. The number of nitrogens with zero attached hydrogens (tertiary/aromatic N) is 1. The highest BCUT2D eigenvalue weighted by molar-refractivity contribution is 6.32. The molecule has 3 rings (SSSR count). The summed E-state index contributed by atoms with van der Waals surface area (Å²) in [5.41, 5.74) is 5.33. The van der Waals surface area contributed by atoms with Gasteiger partial charge >= 0.3 is 0 Å². The second-order valence-electron chi connectivity index (χ2n) is 7.91. The maximum absolute atomic E-state index is 12.8. The van der Waals surface area contributed by atoms with E-state index in [9.17, 15) is 10.1 Å². The highest BCUT2D eigenvalue weighted by atomic mass is 35.5. The first-order valence-electron chi connectivity index (χ1n) is 11.0. The van der Waals surface area contributed by atoms with Crippen molar-refractivity contribution < 1.29 is 14.3 Å². The molecule has 6 heteroatoms. The maximum atomic E-state index is 12.8. The summed E-state index contributed by atoms with van der Waals surface area (Å²) < 4.78 is 11.7. The van der Waals surface area contributed by atoms with E-state index in [1.165, 1.54) is 6.08 Å². The maximum Gasteiger partial charge on any atom is 0.266 e. The molecule has 0 radical (unpaired) electrons. The van der Waals surface area contributed by atoms with Crippen molar-refractivity contribution >= 4 is 29.3 Å². The standard InChI is InChI=1S/C28H27ClN2O3/c1-5-33-26-15-22(14-24(29)27(26)34-17-21-10-6-8-18(2)12-21)13-23(16-30)28(32)31-25-11-7-9-19(3)20(25)4/h6-15H,5,17H2,1-4H3,(H,31,32)/b23-13+. The second kappa shape index (κ2) is 11.4. The van der Waals surface area contributed by atoms with E-state index in [-0.39, 0.29) is 5.57 Å². The summed E-state index contributed by atoms with van der Waals surface area (Å²) in [4.78, 5) is 12.8. The Balaban J connectivity index is 1.86. The molecule has 0 fully saturated rings. The van der Waals surface area contributed by atoms with Gasteiger partial charge in [-0.3, -0.25) is 4.79 Å². The van der Waals surface area contributed by atoms with E-state index in [4.69, 9.17) is 21.1 Å². The first-order chi connectivity index (χ1) is 16.3. The monoisotopic (exact) mass is 474 g/mol. The Morgan fingerprint density at radius 1 is 1.09 bits per heavy atom. The lowest BCUT2D eigenvalue weighted by molar-refractivity contribution is -0.112. The number of rotatable bonds is 8. The fraction of sp³-hybridized carbons (Fsp3) is 0.214. The number of benzene rings is 3. The van der Waals surface area contributed by atoms with Gasteiger partial charge in [-0.25, -0.2) is 0 Å². The van der Waals surface area contributed by atoms with Crippen LogP contribution in [0.4, 0.5) is 5.69 Å². The molecule has 3 aromatic rings. The Kier molecular flexibility index (Phi) is 8.34. The molecule has 0 unspecified atom stereocenters. The molecule has 0 atom stereocenters. The third kappa shape index (κ3) is 6.18. The van der Waals surface area contributed by atoms with E-state index in [0.717, 1.165) is 22.3 Å². The van der Waals surface area contributed by atoms with Gasteiger partial charge in [-0.15, -0.1) is 0 Å². The first kappa shape index (κ1) is 24.9. The number of hydrogen-bond donors (Lipinski definition) is 1. The number of carbonyl (C=O) groups excluding carboxylic acids is 1. The molecule has 0 saturated carbocycles. The van der Waals surface area contributed by atoms with Crippen LogP contribution in [0.2, 0.25) is 5.02 Å². The molecule has 0 aliphatic carbocycles. The Hall–Kier alpha value is -3.75. The Morgan fingerprint density at radius 2 is 1.85 bits per heavy atom. The molecular formula is C28H27ClN2O3. The summed E-state index contributed by atoms with van der Waals surface area (Å²) in [6.45, 7) is 8.50. The zero-order valence-electron chi connectivity index (χ0n) is 19.7. The van der Waals surface area contributed by atoms with Gasteiger partial charge in [0.15, 0.2) is 11.5 Å². The number of hydrogen-bond acceptors (Lipinski definition) is 4. The van der Waals surface area contributed by atoms with E-state index in [0.29, 0.717) is 41.0 Å². The zero-order chi connectivity index (χ0) is 24.7. The van der Waals surface area contributed by atoms with Crippen LogP contribution in [0.15, 0.2) is 60.2 Å². The minimum absolute atomic E-state index is 0.0483. The van der Waals surface area contributed by atoms with Gasteiger partial charge in [0.2, 0.25) is 0 Å². The molecule has 0 spiro atoms. The van der Waals surface area contributed by atoms with Crippen LogP contribution >= 0.6 is 11.6 Å². The molecule has 174 valence electrons. The van der Waals surface area contributed by atoms with Crippen molar-refractivity contribution in [2.75, 3.05) is 11.9 Å². The van der Waals surface area contributed by atoms with E-state index in [1.807, 2.05) is 70.2 Å². The zero-order valence-corrected chi connectivity index (χ0v) is 20.5. The molecule has 34 heavy (non-hydrogen) atoms. The predicted molar refractivity (Wildman–Crippen MR) is 136 cm³/mol. The van der Waals surface area contributed by atoms with E-state index in [2.05, 4.69) is 5.32 Å².